The molecule has 2 heterocycles. The second kappa shape index (κ2) is 6.73. The summed E-state index contributed by atoms with van der Waals surface area (Å²) < 4.78 is 5.14. The van der Waals surface area contributed by atoms with Crippen LogP contribution in [-0.2, 0) is 9.53 Å². The van der Waals surface area contributed by atoms with Gasteiger partial charge >= 0.3 is 5.97 Å². The molecule has 1 atom stereocenters. The number of esters is 1. The molecule has 3 rings (SSSR count). The third kappa shape index (κ3) is 3.16. The van der Waals surface area contributed by atoms with Gasteiger partial charge in [0, 0.05) is 24.0 Å². The molecule has 0 saturated carbocycles. The fraction of sp³-hybridized carbons (Fsp3) is 0.412. The molecule has 0 radical (unpaired) electrons. The van der Waals surface area contributed by atoms with Gasteiger partial charge in [0.15, 0.2) is 0 Å². The van der Waals surface area contributed by atoms with Gasteiger partial charge in [-0.25, -0.2) is 9.97 Å². The van der Waals surface area contributed by atoms with Crippen molar-refractivity contribution in [1.29, 1.82) is 0 Å². The summed E-state index contributed by atoms with van der Waals surface area (Å²) in [6, 6.07) is 5.35. The predicted octanol–water partition coefficient (Wildman–Crippen LogP) is 2.22. The van der Waals surface area contributed by atoms with Crippen LogP contribution in [0.2, 0.25) is 0 Å². The zero-order valence-electron chi connectivity index (χ0n) is 13.1. The molecule has 1 fully saturated rings. The van der Waals surface area contributed by atoms with Gasteiger partial charge in [-0.3, -0.25) is 9.59 Å². The molecule has 1 unspecified atom stereocenters. The van der Waals surface area contributed by atoms with Crippen LogP contribution >= 0.6 is 0 Å². The van der Waals surface area contributed by atoms with Gasteiger partial charge in [-0.05, 0) is 38.0 Å². The number of ether oxygens (including phenoxy) is 1. The van der Waals surface area contributed by atoms with E-state index in [0.717, 1.165) is 42.4 Å². The Morgan fingerprint density at radius 1 is 1.43 bits per heavy atom. The third-order valence-electron chi connectivity index (χ3n) is 4.12. The van der Waals surface area contributed by atoms with E-state index >= 15 is 0 Å². The van der Waals surface area contributed by atoms with E-state index in [2.05, 4.69) is 14.9 Å². The van der Waals surface area contributed by atoms with Gasteiger partial charge in [0.05, 0.1) is 18.0 Å². The molecule has 1 aromatic heterocycles. The molecule has 0 aliphatic carbocycles. The Hall–Kier alpha value is -2.50. The zero-order valence-corrected chi connectivity index (χ0v) is 13.1. The summed E-state index contributed by atoms with van der Waals surface area (Å²) in [4.78, 5) is 33.8. The summed E-state index contributed by atoms with van der Waals surface area (Å²) >= 11 is 0. The van der Waals surface area contributed by atoms with E-state index in [1.807, 2.05) is 13.0 Å². The fourth-order valence-electron chi connectivity index (χ4n) is 3.01. The summed E-state index contributed by atoms with van der Waals surface area (Å²) in [7, 11) is 0. The second-order valence-electron chi connectivity index (χ2n) is 5.63. The number of carbonyl (C=O) groups is 2. The highest BCUT2D eigenvalue weighted by Crippen LogP contribution is 2.28. The number of hydrogen-bond acceptors (Lipinski definition) is 6. The lowest BCUT2D eigenvalue weighted by molar-refractivity contribution is -0.148. The van der Waals surface area contributed by atoms with Gasteiger partial charge in [-0.1, -0.05) is 0 Å². The standard InChI is InChI=1S/C17H19N3O3/c1-2-23-17(22)13-4-3-7-20(9-13)16-14-8-12(10-21)5-6-15(14)18-11-19-16/h5-6,8,10-11,13H,2-4,7,9H2,1H3. The summed E-state index contributed by atoms with van der Waals surface area (Å²) in [5.74, 6) is 0.486. The second-order valence-corrected chi connectivity index (χ2v) is 5.63. The van der Waals surface area contributed by atoms with Gasteiger partial charge in [0.2, 0.25) is 0 Å². The summed E-state index contributed by atoms with van der Waals surface area (Å²) in [5.41, 5.74) is 1.38. The number of nitrogens with zero attached hydrogens (tertiary/aromatic N) is 3. The van der Waals surface area contributed by atoms with Crippen LogP contribution in [0, 0.1) is 5.92 Å². The Morgan fingerprint density at radius 2 is 2.30 bits per heavy atom. The minimum Gasteiger partial charge on any atom is -0.466 e. The van der Waals surface area contributed by atoms with Crippen molar-refractivity contribution in [2.24, 2.45) is 5.92 Å². The molecule has 1 aliphatic rings. The van der Waals surface area contributed by atoms with E-state index in [1.165, 1.54) is 6.33 Å². The van der Waals surface area contributed by atoms with E-state index in [0.29, 0.717) is 18.7 Å². The van der Waals surface area contributed by atoms with Crippen molar-refractivity contribution < 1.29 is 14.3 Å². The summed E-state index contributed by atoms with van der Waals surface area (Å²) in [6.45, 7) is 3.62. The van der Waals surface area contributed by atoms with Gasteiger partial charge in [-0.15, -0.1) is 0 Å². The predicted molar refractivity (Wildman–Crippen MR) is 86.5 cm³/mol. The molecular weight excluding hydrogens is 294 g/mol. The third-order valence-corrected chi connectivity index (χ3v) is 4.12. The maximum Gasteiger partial charge on any atom is 0.310 e. The number of rotatable bonds is 4. The average Bonchev–Trinajstić information content (AvgIpc) is 2.61. The molecule has 2 aromatic rings. The number of fused-ring (bicyclic) bond motifs is 1. The molecule has 1 aromatic carbocycles. The fourth-order valence-corrected chi connectivity index (χ4v) is 3.01. The lowest BCUT2D eigenvalue weighted by Crippen LogP contribution is -2.40. The van der Waals surface area contributed by atoms with Crippen molar-refractivity contribution in [3.8, 4) is 0 Å². The lowest BCUT2D eigenvalue weighted by Gasteiger charge is -2.32. The van der Waals surface area contributed by atoms with Crippen LogP contribution in [0.5, 0.6) is 0 Å². The lowest BCUT2D eigenvalue weighted by atomic mass is 9.98. The number of hydrogen-bond donors (Lipinski definition) is 0. The number of aromatic nitrogens is 2. The first-order chi connectivity index (χ1) is 11.2. The van der Waals surface area contributed by atoms with Crippen molar-refractivity contribution in [2.75, 3.05) is 24.6 Å². The summed E-state index contributed by atoms with van der Waals surface area (Å²) in [5, 5.41) is 0.835. The van der Waals surface area contributed by atoms with Crippen LogP contribution in [0.1, 0.15) is 30.1 Å². The first-order valence-electron chi connectivity index (χ1n) is 7.84. The van der Waals surface area contributed by atoms with Crippen LogP contribution in [0.15, 0.2) is 24.5 Å². The van der Waals surface area contributed by atoms with Gasteiger partial charge < -0.3 is 9.64 Å². The van der Waals surface area contributed by atoms with Crippen LogP contribution in [0.3, 0.4) is 0 Å². The average molecular weight is 313 g/mol. The Bertz CT molecular complexity index is 732. The van der Waals surface area contributed by atoms with E-state index < -0.39 is 0 Å². The number of benzene rings is 1. The van der Waals surface area contributed by atoms with Crippen molar-refractivity contribution >= 4 is 29.0 Å². The molecule has 0 N–H and O–H groups in total. The molecule has 23 heavy (non-hydrogen) atoms. The smallest absolute Gasteiger partial charge is 0.310 e. The zero-order chi connectivity index (χ0) is 16.2. The Balaban J connectivity index is 1.92. The Kier molecular flexibility index (Phi) is 4.50. The topological polar surface area (TPSA) is 72.4 Å². The largest absolute Gasteiger partial charge is 0.466 e. The highest BCUT2D eigenvalue weighted by molar-refractivity contribution is 5.93. The maximum absolute atomic E-state index is 12.0. The van der Waals surface area contributed by atoms with Gasteiger partial charge in [0.1, 0.15) is 18.4 Å². The molecular formula is C17H19N3O3. The molecule has 0 bridgehead atoms. The molecule has 6 nitrogen and oxygen atoms in total. The normalized spacial score (nSPS) is 18.0. The molecule has 0 amide bonds. The first kappa shape index (κ1) is 15.4. The van der Waals surface area contributed by atoms with Crippen LogP contribution in [0.4, 0.5) is 5.82 Å². The maximum atomic E-state index is 12.0. The van der Waals surface area contributed by atoms with Crippen molar-refractivity contribution in [3.63, 3.8) is 0 Å². The quantitative estimate of drug-likeness (QED) is 0.636. The number of aldehydes is 1. The van der Waals surface area contributed by atoms with Gasteiger partial charge in [-0.2, -0.15) is 0 Å². The minimum atomic E-state index is -0.149. The van der Waals surface area contributed by atoms with E-state index in [-0.39, 0.29) is 11.9 Å². The molecule has 0 spiro atoms. The first-order valence-corrected chi connectivity index (χ1v) is 7.84. The molecule has 1 saturated heterocycles. The summed E-state index contributed by atoms with van der Waals surface area (Å²) in [6.07, 6.45) is 4.07. The molecule has 120 valence electrons. The van der Waals surface area contributed by atoms with Crippen molar-refractivity contribution in [1.82, 2.24) is 9.97 Å². The molecule has 1 aliphatic heterocycles. The highest BCUT2D eigenvalue weighted by Gasteiger charge is 2.28. The monoisotopic (exact) mass is 313 g/mol. The van der Waals surface area contributed by atoms with Crippen LogP contribution in [0.25, 0.3) is 10.9 Å². The Labute approximate surface area is 134 Å². The Morgan fingerprint density at radius 3 is 3.09 bits per heavy atom. The highest BCUT2D eigenvalue weighted by atomic mass is 16.5. The number of carbonyl (C=O) groups excluding carboxylic acids is 2. The van der Waals surface area contributed by atoms with E-state index in [1.54, 1.807) is 12.1 Å². The van der Waals surface area contributed by atoms with Gasteiger partial charge in [0.25, 0.3) is 0 Å². The number of anilines is 1. The van der Waals surface area contributed by atoms with Crippen molar-refractivity contribution in [2.45, 2.75) is 19.8 Å². The SMILES string of the molecule is CCOC(=O)C1CCCN(c2ncnc3ccc(C=O)cc23)C1. The number of piperidine rings is 1. The van der Waals surface area contributed by atoms with Crippen LogP contribution < -0.4 is 4.90 Å². The van der Waals surface area contributed by atoms with Crippen LogP contribution in [-0.4, -0.2) is 41.9 Å². The van der Waals surface area contributed by atoms with Crippen molar-refractivity contribution in [3.05, 3.63) is 30.1 Å². The molecule has 6 heteroatoms. The minimum absolute atomic E-state index is 0.136. The van der Waals surface area contributed by atoms with E-state index in [4.69, 9.17) is 4.74 Å². The van der Waals surface area contributed by atoms with E-state index in [9.17, 15) is 9.59 Å².